The fourth-order valence-corrected chi connectivity index (χ4v) is 5.57. The number of rotatable bonds is 9. The molecule has 0 aliphatic heterocycles. The zero-order valence-electron chi connectivity index (χ0n) is 15.7. The van der Waals surface area contributed by atoms with E-state index < -0.39 is 18.5 Å². The van der Waals surface area contributed by atoms with E-state index in [-0.39, 0.29) is 13.3 Å². The molecule has 6 nitrogen and oxygen atoms in total. The Kier molecular flexibility index (Phi) is 10.2. The molecule has 0 unspecified atom stereocenters. The lowest BCUT2D eigenvalue weighted by molar-refractivity contribution is 0.0217. The smallest absolute Gasteiger partial charge is 0.333 e. The molecular weight excluding hydrogens is 329 g/mol. The van der Waals surface area contributed by atoms with Crippen LogP contribution in [-0.2, 0) is 14.2 Å². The van der Waals surface area contributed by atoms with E-state index in [2.05, 4.69) is 21.5 Å². The first-order valence-corrected chi connectivity index (χ1v) is 9.87. The highest BCUT2D eigenvalue weighted by Crippen LogP contribution is 2.51. The van der Waals surface area contributed by atoms with E-state index in [1.165, 1.54) is 0 Å². The van der Waals surface area contributed by atoms with Crippen molar-refractivity contribution in [2.24, 2.45) is 5.11 Å². The van der Waals surface area contributed by atoms with Gasteiger partial charge in [0, 0.05) is 4.91 Å². The fraction of sp³-hybridized carbons (Fsp3) is 0.875. The molecule has 24 heavy (non-hydrogen) atoms. The second-order valence-corrected chi connectivity index (χ2v) is 12.0. The van der Waals surface area contributed by atoms with Crippen molar-refractivity contribution >= 4 is 8.41 Å². The average molecular weight is 360 g/mol. The number of ether oxygens (including phenoxy) is 3. The highest BCUT2D eigenvalue weighted by atomic mass is 28.4. The van der Waals surface area contributed by atoms with E-state index in [1.807, 2.05) is 41.5 Å². The maximum atomic E-state index is 15.4. The van der Waals surface area contributed by atoms with E-state index in [1.54, 1.807) is 0 Å². The minimum atomic E-state index is -3.27. The van der Waals surface area contributed by atoms with Gasteiger partial charge < -0.3 is 14.2 Å². The van der Waals surface area contributed by atoms with Crippen LogP contribution in [0.25, 0.3) is 10.4 Å². The van der Waals surface area contributed by atoms with E-state index in [4.69, 9.17) is 19.7 Å². The normalized spacial score (nSPS) is 12.3. The van der Waals surface area contributed by atoms with Gasteiger partial charge in [-0.3, -0.25) is 4.11 Å². The van der Waals surface area contributed by atoms with E-state index >= 15 is 4.11 Å². The van der Waals surface area contributed by atoms with Crippen molar-refractivity contribution in [1.29, 1.82) is 0 Å². The van der Waals surface area contributed by atoms with Gasteiger partial charge in [0.25, 0.3) is 0 Å². The molecule has 0 fully saturated rings. The minimum Gasteiger partial charge on any atom is -0.377 e. The van der Waals surface area contributed by atoms with Crippen LogP contribution in [0.4, 0.5) is 4.11 Å². The lowest BCUT2D eigenvalue weighted by atomic mass is 10.2. The third-order valence-corrected chi connectivity index (χ3v) is 8.11. The van der Waals surface area contributed by atoms with Crippen molar-refractivity contribution in [2.45, 2.75) is 51.6 Å². The zero-order valence-corrected chi connectivity index (χ0v) is 16.7. The number of hydrogen-bond donors (Lipinski definition) is 0. The summed E-state index contributed by atoms with van der Waals surface area (Å²) in [4.78, 5) is 2.56. The van der Waals surface area contributed by atoms with Crippen LogP contribution in [0.15, 0.2) is 5.11 Å². The Labute approximate surface area is 145 Å². The Morgan fingerprint density at radius 2 is 1.46 bits per heavy atom. The van der Waals surface area contributed by atoms with Crippen molar-refractivity contribution in [3.63, 3.8) is 0 Å². The van der Waals surface area contributed by atoms with Crippen LogP contribution in [0.1, 0.15) is 41.5 Å². The first-order valence-electron chi connectivity index (χ1n) is 7.99. The Balaban J connectivity index is 4.04. The molecule has 0 aromatic carbocycles. The molecule has 0 aliphatic rings. The highest BCUT2D eigenvalue weighted by Gasteiger charge is 2.54. The molecular formula is C16H30FN3O3Si. The van der Waals surface area contributed by atoms with Gasteiger partial charge in [0.05, 0.1) is 26.4 Å². The summed E-state index contributed by atoms with van der Waals surface area (Å²) in [7, 11) is -3.27. The first kappa shape index (κ1) is 22.9. The quantitative estimate of drug-likeness (QED) is 0.117. The van der Waals surface area contributed by atoms with Gasteiger partial charge in [-0.05, 0) is 15.6 Å². The van der Waals surface area contributed by atoms with E-state index in [0.717, 1.165) is 0 Å². The third kappa shape index (κ3) is 8.13. The zero-order chi connectivity index (χ0) is 18.7. The second kappa shape index (κ2) is 10.7. The summed E-state index contributed by atoms with van der Waals surface area (Å²) in [6.07, 6.45) is 0. The number of azide groups is 1. The SMILES string of the molecule is CC(C)(C)[Si](F)(C#CCOCCOCCOCN=[N+]=[N-])C(C)(C)C. The molecule has 8 heteroatoms. The largest absolute Gasteiger partial charge is 0.377 e. The predicted molar refractivity (Wildman–Crippen MR) is 95.7 cm³/mol. The molecule has 0 aromatic rings. The summed E-state index contributed by atoms with van der Waals surface area (Å²) in [6.45, 7) is 13.2. The van der Waals surface area contributed by atoms with Crippen molar-refractivity contribution < 1.29 is 18.3 Å². The van der Waals surface area contributed by atoms with Gasteiger partial charge in [0.2, 0.25) is 0 Å². The molecule has 0 saturated heterocycles. The molecule has 0 saturated carbocycles. The summed E-state index contributed by atoms with van der Waals surface area (Å²) >= 11 is 0. The van der Waals surface area contributed by atoms with Crippen LogP contribution in [0.3, 0.4) is 0 Å². The Morgan fingerprint density at radius 1 is 0.958 bits per heavy atom. The van der Waals surface area contributed by atoms with E-state index in [0.29, 0.717) is 26.4 Å². The van der Waals surface area contributed by atoms with Crippen LogP contribution in [0.5, 0.6) is 0 Å². The van der Waals surface area contributed by atoms with Crippen molar-refractivity contribution in [3.8, 4) is 11.5 Å². The monoisotopic (exact) mass is 359 g/mol. The van der Waals surface area contributed by atoms with Crippen molar-refractivity contribution in [1.82, 2.24) is 0 Å². The molecule has 0 heterocycles. The summed E-state index contributed by atoms with van der Waals surface area (Å²) in [5.41, 5.74) is 11.0. The van der Waals surface area contributed by atoms with Crippen molar-refractivity contribution in [3.05, 3.63) is 10.4 Å². The highest BCUT2D eigenvalue weighted by molar-refractivity contribution is 6.86. The molecule has 0 aliphatic carbocycles. The summed E-state index contributed by atoms with van der Waals surface area (Å²) < 4.78 is 31.0. The lowest BCUT2D eigenvalue weighted by Gasteiger charge is -2.40. The van der Waals surface area contributed by atoms with Gasteiger partial charge in [-0.15, -0.1) is 0 Å². The molecule has 0 spiro atoms. The minimum absolute atomic E-state index is 0.00235. The number of hydrogen-bond acceptors (Lipinski definition) is 4. The van der Waals surface area contributed by atoms with E-state index in [9.17, 15) is 0 Å². The van der Waals surface area contributed by atoms with Crippen LogP contribution in [-0.4, -0.2) is 48.2 Å². The lowest BCUT2D eigenvalue weighted by Crippen LogP contribution is -2.47. The maximum absolute atomic E-state index is 15.4. The third-order valence-electron chi connectivity index (χ3n) is 3.46. The molecule has 0 N–H and O–H groups in total. The molecule has 138 valence electrons. The molecule has 0 amide bonds. The topological polar surface area (TPSA) is 76.5 Å². The molecule has 0 radical (unpaired) electrons. The van der Waals surface area contributed by atoms with Gasteiger partial charge in [0.1, 0.15) is 13.3 Å². The maximum Gasteiger partial charge on any atom is 0.333 e. The van der Waals surface area contributed by atoms with Gasteiger partial charge in [-0.25, -0.2) is 0 Å². The summed E-state index contributed by atoms with van der Waals surface area (Å²) in [5, 5.41) is 2.33. The van der Waals surface area contributed by atoms with Crippen molar-refractivity contribution in [2.75, 3.05) is 39.8 Å². The predicted octanol–water partition coefficient (Wildman–Crippen LogP) is 4.36. The first-order chi connectivity index (χ1) is 11.1. The van der Waals surface area contributed by atoms with Crippen LogP contribution < -0.4 is 0 Å². The van der Waals surface area contributed by atoms with Gasteiger partial charge in [-0.2, -0.15) is 0 Å². The molecule has 0 bridgehead atoms. The standard InChI is InChI=1S/C16H30FN3O3Si/c1-15(2,3)24(17,16(4,5)6)13-7-8-21-9-10-22-11-12-23-14-19-20-18/h8-12,14H2,1-6H3. The number of nitrogens with zero attached hydrogens (tertiary/aromatic N) is 3. The van der Waals surface area contributed by atoms with Crippen LogP contribution in [0, 0.1) is 11.5 Å². The average Bonchev–Trinajstić information content (AvgIpc) is 2.45. The van der Waals surface area contributed by atoms with Gasteiger partial charge in [-0.1, -0.05) is 58.1 Å². The summed E-state index contributed by atoms with van der Waals surface area (Å²) in [6, 6.07) is 0. The number of halogens is 1. The molecule has 0 aromatic heterocycles. The Hall–Kier alpha value is -1.10. The Bertz CT molecular complexity index is 458. The molecule has 0 atom stereocenters. The fourth-order valence-electron chi connectivity index (χ4n) is 2.25. The van der Waals surface area contributed by atoms with Crippen LogP contribution in [0.2, 0.25) is 10.1 Å². The second-order valence-electron chi connectivity index (χ2n) is 7.39. The summed E-state index contributed by atoms with van der Waals surface area (Å²) in [5.74, 6) is 2.85. The Morgan fingerprint density at radius 3 is 1.96 bits per heavy atom. The van der Waals surface area contributed by atoms with Gasteiger partial charge >= 0.3 is 8.41 Å². The van der Waals surface area contributed by atoms with Crippen LogP contribution >= 0.6 is 0 Å². The molecule has 0 rings (SSSR count). The van der Waals surface area contributed by atoms with Gasteiger partial charge in [0.15, 0.2) is 0 Å².